The van der Waals surface area contributed by atoms with Crippen molar-refractivity contribution in [2.75, 3.05) is 20.7 Å². The fourth-order valence-corrected chi connectivity index (χ4v) is 0.728. The quantitative estimate of drug-likeness (QED) is 0.607. The predicted octanol–water partition coefficient (Wildman–Crippen LogP) is -0.0901. The van der Waals surface area contributed by atoms with E-state index in [1.807, 2.05) is 0 Å². The molecule has 0 aliphatic rings. The highest BCUT2D eigenvalue weighted by Gasteiger charge is 2.17. The molecule has 0 aliphatic heterocycles. The third-order valence-corrected chi connectivity index (χ3v) is 1.57. The molecular weight excluding hydrogens is 176 g/mol. The number of hydrogen-bond acceptors (Lipinski definition) is 3. The lowest BCUT2D eigenvalue weighted by atomic mass is 10.1. The first kappa shape index (κ1) is 11.7. The Kier molecular flexibility index (Phi) is 4.83. The molecule has 0 fully saturated rings. The van der Waals surface area contributed by atoms with E-state index in [9.17, 15) is 9.59 Å². The van der Waals surface area contributed by atoms with Crippen molar-refractivity contribution < 1.29 is 19.5 Å². The van der Waals surface area contributed by atoms with Crippen LogP contribution in [0, 0.1) is 5.92 Å². The molecule has 0 heterocycles. The summed E-state index contributed by atoms with van der Waals surface area (Å²) in [5.74, 6) is -0.697. The van der Waals surface area contributed by atoms with Gasteiger partial charge in [-0.15, -0.1) is 0 Å². The van der Waals surface area contributed by atoms with Crippen molar-refractivity contribution in [2.45, 2.75) is 6.92 Å². The summed E-state index contributed by atoms with van der Waals surface area (Å²) in [4.78, 5) is 26.0. The predicted molar refractivity (Wildman–Crippen MR) is 45.0 cm³/mol. The van der Waals surface area contributed by atoms with Gasteiger partial charge in [0.25, 0.3) is 0 Å². The molecule has 0 aliphatic carbocycles. The van der Waals surface area contributed by atoms with Crippen molar-refractivity contribution in [1.82, 2.24) is 10.4 Å². The average molecular weight is 190 g/mol. The zero-order valence-corrected chi connectivity index (χ0v) is 7.90. The maximum atomic E-state index is 11.3. The van der Waals surface area contributed by atoms with E-state index in [0.717, 1.165) is 5.06 Å². The summed E-state index contributed by atoms with van der Waals surface area (Å²) in [5, 5.41) is 11.5. The second kappa shape index (κ2) is 5.36. The second-order valence-electron chi connectivity index (χ2n) is 2.61. The molecule has 0 bridgehead atoms. The van der Waals surface area contributed by atoms with E-state index in [1.165, 1.54) is 14.2 Å². The standard InChI is InChI=1S/C7H14N2O4/c1-5(4-8-7(11)12)6(10)9(2)13-3/h5,8H,4H2,1-3H3,(H,11,12)/t5-/m0/s1. The Morgan fingerprint density at radius 3 is 2.54 bits per heavy atom. The minimum atomic E-state index is -1.14. The lowest BCUT2D eigenvalue weighted by Gasteiger charge is -2.18. The molecule has 2 N–H and O–H groups in total. The summed E-state index contributed by atoms with van der Waals surface area (Å²) >= 11 is 0. The van der Waals surface area contributed by atoms with Crippen LogP contribution in [0.15, 0.2) is 0 Å². The molecule has 0 spiro atoms. The molecule has 76 valence electrons. The first-order chi connectivity index (χ1) is 5.99. The van der Waals surface area contributed by atoms with Crippen molar-refractivity contribution in [1.29, 1.82) is 0 Å². The zero-order chi connectivity index (χ0) is 10.4. The summed E-state index contributed by atoms with van der Waals surface area (Å²) in [6, 6.07) is 0. The summed E-state index contributed by atoms with van der Waals surface area (Å²) in [6.45, 7) is 1.70. The Morgan fingerprint density at radius 1 is 1.62 bits per heavy atom. The van der Waals surface area contributed by atoms with Crippen LogP contribution in [0.3, 0.4) is 0 Å². The molecule has 0 aromatic carbocycles. The van der Waals surface area contributed by atoms with Gasteiger partial charge in [0.1, 0.15) is 0 Å². The molecule has 6 nitrogen and oxygen atoms in total. The first-order valence-corrected chi connectivity index (χ1v) is 3.77. The van der Waals surface area contributed by atoms with Crippen LogP contribution in [0.25, 0.3) is 0 Å². The Labute approximate surface area is 76.4 Å². The Hall–Kier alpha value is -1.30. The molecule has 0 saturated carbocycles. The minimum absolute atomic E-state index is 0.0852. The highest BCUT2D eigenvalue weighted by atomic mass is 16.7. The number of carbonyl (C=O) groups is 2. The molecule has 0 rings (SSSR count). The number of carbonyl (C=O) groups excluding carboxylic acids is 1. The van der Waals surface area contributed by atoms with Gasteiger partial charge >= 0.3 is 6.09 Å². The van der Waals surface area contributed by atoms with Crippen LogP contribution in [0.5, 0.6) is 0 Å². The number of amides is 2. The third kappa shape index (κ3) is 4.32. The second-order valence-corrected chi connectivity index (χ2v) is 2.61. The summed E-state index contributed by atoms with van der Waals surface area (Å²) in [5.41, 5.74) is 0. The molecule has 6 heteroatoms. The van der Waals surface area contributed by atoms with Gasteiger partial charge in [0, 0.05) is 13.6 Å². The van der Waals surface area contributed by atoms with Crippen LogP contribution in [-0.4, -0.2) is 42.9 Å². The van der Waals surface area contributed by atoms with Crippen molar-refractivity contribution >= 4 is 12.0 Å². The number of hydroxylamine groups is 2. The fourth-order valence-electron chi connectivity index (χ4n) is 0.728. The normalized spacial score (nSPS) is 11.9. The maximum Gasteiger partial charge on any atom is 0.404 e. The van der Waals surface area contributed by atoms with Crippen LogP contribution in [0.2, 0.25) is 0 Å². The van der Waals surface area contributed by atoms with E-state index in [0.29, 0.717) is 0 Å². The average Bonchev–Trinajstić information content (AvgIpc) is 2.11. The summed E-state index contributed by atoms with van der Waals surface area (Å²) in [7, 11) is 2.84. The largest absolute Gasteiger partial charge is 0.465 e. The number of hydrogen-bond donors (Lipinski definition) is 2. The first-order valence-electron chi connectivity index (χ1n) is 3.77. The van der Waals surface area contributed by atoms with Gasteiger partial charge in [0.2, 0.25) is 5.91 Å². The molecular formula is C7H14N2O4. The van der Waals surface area contributed by atoms with Gasteiger partial charge in [0.05, 0.1) is 13.0 Å². The van der Waals surface area contributed by atoms with Gasteiger partial charge in [0.15, 0.2) is 0 Å². The highest BCUT2D eigenvalue weighted by molar-refractivity contribution is 5.78. The molecule has 0 saturated heterocycles. The van der Waals surface area contributed by atoms with Crippen LogP contribution in [0.4, 0.5) is 4.79 Å². The van der Waals surface area contributed by atoms with E-state index in [-0.39, 0.29) is 12.5 Å². The number of rotatable bonds is 4. The number of carboxylic acid groups (broad SMARTS) is 1. The Bertz CT molecular complexity index is 195. The van der Waals surface area contributed by atoms with Gasteiger partial charge < -0.3 is 10.4 Å². The summed E-state index contributed by atoms with van der Waals surface area (Å²) in [6.07, 6.45) is -1.14. The number of nitrogens with zero attached hydrogens (tertiary/aromatic N) is 1. The van der Waals surface area contributed by atoms with E-state index < -0.39 is 12.0 Å². The van der Waals surface area contributed by atoms with Crippen LogP contribution in [0.1, 0.15) is 6.92 Å². The molecule has 2 amide bonds. The van der Waals surface area contributed by atoms with Gasteiger partial charge in [-0.25, -0.2) is 9.86 Å². The lowest BCUT2D eigenvalue weighted by molar-refractivity contribution is -0.172. The monoisotopic (exact) mass is 190 g/mol. The fraction of sp³-hybridized carbons (Fsp3) is 0.714. The topological polar surface area (TPSA) is 78.9 Å². The third-order valence-electron chi connectivity index (χ3n) is 1.57. The van der Waals surface area contributed by atoms with E-state index in [4.69, 9.17) is 5.11 Å². The van der Waals surface area contributed by atoms with Crippen molar-refractivity contribution in [2.24, 2.45) is 5.92 Å². The molecule has 13 heavy (non-hydrogen) atoms. The van der Waals surface area contributed by atoms with Crippen molar-refractivity contribution in [3.8, 4) is 0 Å². The van der Waals surface area contributed by atoms with Crippen LogP contribution < -0.4 is 5.32 Å². The molecule has 1 atom stereocenters. The number of nitrogens with one attached hydrogen (secondary N) is 1. The maximum absolute atomic E-state index is 11.3. The van der Waals surface area contributed by atoms with Gasteiger partial charge in [-0.2, -0.15) is 0 Å². The van der Waals surface area contributed by atoms with Crippen molar-refractivity contribution in [3.63, 3.8) is 0 Å². The van der Waals surface area contributed by atoms with Crippen LogP contribution in [-0.2, 0) is 9.63 Å². The Morgan fingerprint density at radius 2 is 2.15 bits per heavy atom. The Balaban J connectivity index is 3.89. The zero-order valence-electron chi connectivity index (χ0n) is 7.90. The molecule has 0 radical (unpaired) electrons. The van der Waals surface area contributed by atoms with E-state index in [2.05, 4.69) is 10.2 Å². The van der Waals surface area contributed by atoms with Gasteiger partial charge in [-0.1, -0.05) is 6.92 Å². The smallest absolute Gasteiger partial charge is 0.404 e. The van der Waals surface area contributed by atoms with Gasteiger partial charge in [-0.3, -0.25) is 9.63 Å². The SMILES string of the molecule is CON(C)C(=O)[C@@H](C)CNC(=O)O. The highest BCUT2D eigenvalue weighted by Crippen LogP contribution is 1.98. The van der Waals surface area contributed by atoms with E-state index in [1.54, 1.807) is 6.92 Å². The van der Waals surface area contributed by atoms with E-state index >= 15 is 0 Å². The molecule has 0 aromatic heterocycles. The summed E-state index contributed by atoms with van der Waals surface area (Å²) < 4.78 is 0. The molecule has 0 aromatic rings. The van der Waals surface area contributed by atoms with Crippen LogP contribution >= 0.6 is 0 Å². The minimum Gasteiger partial charge on any atom is -0.465 e. The molecule has 0 unspecified atom stereocenters. The van der Waals surface area contributed by atoms with Crippen molar-refractivity contribution in [3.05, 3.63) is 0 Å². The lowest BCUT2D eigenvalue weighted by Crippen LogP contribution is -2.37. The van der Waals surface area contributed by atoms with Gasteiger partial charge in [-0.05, 0) is 0 Å².